The highest BCUT2D eigenvalue weighted by Crippen LogP contribution is 2.20. The maximum absolute atomic E-state index is 5.15. The monoisotopic (exact) mass is 279 g/mol. The molecule has 1 aromatic rings. The van der Waals surface area contributed by atoms with Crippen LogP contribution in [0.2, 0.25) is 0 Å². The Kier molecular flexibility index (Phi) is 5.83. The number of nitrogens with zero attached hydrogens (tertiary/aromatic N) is 3. The van der Waals surface area contributed by atoms with Crippen LogP contribution >= 0.6 is 0 Å². The highest BCUT2D eigenvalue weighted by atomic mass is 16.5. The topological polar surface area (TPSA) is 72.0 Å². The first-order chi connectivity index (χ1) is 9.81. The van der Waals surface area contributed by atoms with Gasteiger partial charge in [0.2, 0.25) is 11.9 Å². The van der Waals surface area contributed by atoms with Gasteiger partial charge in [-0.1, -0.05) is 32.6 Å². The number of anilines is 2. The van der Waals surface area contributed by atoms with Crippen molar-refractivity contribution in [2.75, 3.05) is 24.3 Å². The Morgan fingerprint density at radius 1 is 1.05 bits per heavy atom. The van der Waals surface area contributed by atoms with Crippen LogP contribution in [0.5, 0.6) is 6.01 Å². The Balaban J connectivity index is 2.04. The highest BCUT2D eigenvalue weighted by molar-refractivity contribution is 5.36. The predicted molar refractivity (Wildman–Crippen MR) is 80.3 cm³/mol. The van der Waals surface area contributed by atoms with Gasteiger partial charge < -0.3 is 15.4 Å². The molecule has 0 aliphatic heterocycles. The molecule has 1 saturated carbocycles. The molecule has 2 N–H and O–H groups in total. The molecule has 6 heteroatoms. The van der Waals surface area contributed by atoms with Crippen LogP contribution in [0.3, 0.4) is 0 Å². The average molecular weight is 279 g/mol. The molecule has 2 rings (SSSR count). The zero-order chi connectivity index (χ0) is 14.2. The van der Waals surface area contributed by atoms with Crippen LogP contribution in [-0.2, 0) is 0 Å². The van der Waals surface area contributed by atoms with E-state index in [9.17, 15) is 0 Å². The molecular formula is C14H25N5O. The molecule has 0 aromatic carbocycles. The molecule has 112 valence electrons. The molecule has 6 nitrogen and oxygen atoms in total. The molecule has 0 bridgehead atoms. The van der Waals surface area contributed by atoms with Crippen LogP contribution in [0.15, 0.2) is 0 Å². The standard InChI is InChI=1S/C14H25N5O/c1-3-10-15-12-17-13(19-14(18-12)20-2)16-11-8-6-4-5-7-9-11/h11H,3-10H2,1-2H3,(H2,15,16,17,18,19). The zero-order valence-electron chi connectivity index (χ0n) is 12.5. The van der Waals surface area contributed by atoms with Gasteiger partial charge in [-0.05, 0) is 19.3 Å². The van der Waals surface area contributed by atoms with E-state index in [0.29, 0.717) is 23.9 Å². The summed E-state index contributed by atoms with van der Waals surface area (Å²) in [5.74, 6) is 1.19. The van der Waals surface area contributed by atoms with Crippen molar-refractivity contribution < 1.29 is 4.74 Å². The number of methoxy groups -OCH3 is 1. The molecular weight excluding hydrogens is 254 g/mol. The van der Waals surface area contributed by atoms with E-state index >= 15 is 0 Å². The Hall–Kier alpha value is -1.59. The van der Waals surface area contributed by atoms with E-state index in [4.69, 9.17) is 4.74 Å². The van der Waals surface area contributed by atoms with Crippen molar-refractivity contribution in [1.82, 2.24) is 15.0 Å². The summed E-state index contributed by atoms with van der Waals surface area (Å²) in [5.41, 5.74) is 0. The third kappa shape index (κ3) is 4.51. The van der Waals surface area contributed by atoms with Gasteiger partial charge in [-0.3, -0.25) is 0 Å². The van der Waals surface area contributed by atoms with Crippen LogP contribution in [0, 0.1) is 0 Å². The van der Waals surface area contributed by atoms with Crippen LogP contribution in [0.4, 0.5) is 11.9 Å². The highest BCUT2D eigenvalue weighted by Gasteiger charge is 2.14. The SMILES string of the molecule is CCCNc1nc(NC2CCCCCC2)nc(OC)n1. The lowest BCUT2D eigenvalue weighted by atomic mass is 10.1. The number of ether oxygens (including phenoxy) is 1. The third-order valence-corrected chi connectivity index (χ3v) is 3.52. The molecule has 1 aliphatic rings. The fraction of sp³-hybridized carbons (Fsp3) is 0.786. The lowest BCUT2D eigenvalue weighted by molar-refractivity contribution is 0.379. The molecule has 1 aromatic heterocycles. The normalized spacial score (nSPS) is 16.5. The molecule has 0 radical (unpaired) electrons. The average Bonchev–Trinajstić information content (AvgIpc) is 2.73. The number of rotatable bonds is 6. The first-order valence-electron chi connectivity index (χ1n) is 7.62. The van der Waals surface area contributed by atoms with Crippen LogP contribution in [0.1, 0.15) is 51.9 Å². The Bertz CT molecular complexity index is 405. The van der Waals surface area contributed by atoms with Gasteiger partial charge in [-0.15, -0.1) is 0 Å². The van der Waals surface area contributed by atoms with Gasteiger partial charge in [0, 0.05) is 12.6 Å². The van der Waals surface area contributed by atoms with Crippen molar-refractivity contribution in [1.29, 1.82) is 0 Å². The van der Waals surface area contributed by atoms with Crippen LogP contribution in [0.25, 0.3) is 0 Å². The van der Waals surface area contributed by atoms with Crippen LogP contribution in [-0.4, -0.2) is 34.6 Å². The van der Waals surface area contributed by atoms with Crippen molar-refractivity contribution >= 4 is 11.9 Å². The van der Waals surface area contributed by atoms with Crippen molar-refractivity contribution in [3.63, 3.8) is 0 Å². The maximum atomic E-state index is 5.15. The van der Waals surface area contributed by atoms with E-state index in [1.165, 1.54) is 38.5 Å². The van der Waals surface area contributed by atoms with E-state index in [0.717, 1.165) is 13.0 Å². The van der Waals surface area contributed by atoms with Gasteiger partial charge in [-0.2, -0.15) is 15.0 Å². The summed E-state index contributed by atoms with van der Waals surface area (Å²) in [4.78, 5) is 12.9. The van der Waals surface area contributed by atoms with Gasteiger partial charge >= 0.3 is 6.01 Å². The van der Waals surface area contributed by atoms with E-state index in [2.05, 4.69) is 32.5 Å². The minimum Gasteiger partial charge on any atom is -0.467 e. The summed E-state index contributed by atoms with van der Waals surface area (Å²) in [6.45, 7) is 2.95. The summed E-state index contributed by atoms with van der Waals surface area (Å²) < 4.78 is 5.15. The summed E-state index contributed by atoms with van der Waals surface area (Å²) in [6, 6.07) is 0.818. The molecule has 0 saturated heterocycles. The zero-order valence-corrected chi connectivity index (χ0v) is 12.5. The largest absolute Gasteiger partial charge is 0.467 e. The fourth-order valence-electron chi connectivity index (χ4n) is 2.43. The van der Waals surface area contributed by atoms with Crippen LogP contribution < -0.4 is 15.4 Å². The van der Waals surface area contributed by atoms with Crippen molar-refractivity contribution in [2.24, 2.45) is 0 Å². The second-order valence-corrected chi connectivity index (χ2v) is 5.23. The molecule has 0 atom stereocenters. The number of aromatic nitrogens is 3. The third-order valence-electron chi connectivity index (χ3n) is 3.52. The van der Waals surface area contributed by atoms with Gasteiger partial charge in [0.1, 0.15) is 0 Å². The molecule has 20 heavy (non-hydrogen) atoms. The Morgan fingerprint density at radius 3 is 2.40 bits per heavy atom. The molecule has 0 amide bonds. The number of hydrogen-bond donors (Lipinski definition) is 2. The number of hydrogen-bond acceptors (Lipinski definition) is 6. The molecule has 0 unspecified atom stereocenters. The second kappa shape index (κ2) is 7.87. The van der Waals surface area contributed by atoms with Gasteiger partial charge in [0.15, 0.2) is 0 Å². The van der Waals surface area contributed by atoms with Gasteiger partial charge in [0.05, 0.1) is 7.11 Å². The fourth-order valence-corrected chi connectivity index (χ4v) is 2.43. The predicted octanol–water partition coefficient (Wildman–Crippen LogP) is 2.84. The minimum atomic E-state index is 0.356. The molecule has 1 aliphatic carbocycles. The first kappa shape index (κ1) is 14.8. The summed E-state index contributed by atoms with van der Waals surface area (Å²) in [5, 5.41) is 6.61. The van der Waals surface area contributed by atoms with E-state index in [1.54, 1.807) is 7.11 Å². The smallest absolute Gasteiger partial charge is 0.322 e. The maximum Gasteiger partial charge on any atom is 0.322 e. The van der Waals surface area contributed by atoms with Gasteiger partial charge in [0.25, 0.3) is 0 Å². The Morgan fingerprint density at radius 2 is 1.75 bits per heavy atom. The first-order valence-corrected chi connectivity index (χ1v) is 7.62. The lowest BCUT2D eigenvalue weighted by Gasteiger charge is -2.16. The van der Waals surface area contributed by atoms with Crippen molar-refractivity contribution in [3.05, 3.63) is 0 Å². The molecule has 0 spiro atoms. The van der Waals surface area contributed by atoms with Gasteiger partial charge in [-0.25, -0.2) is 0 Å². The van der Waals surface area contributed by atoms with Crippen molar-refractivity contribution in [2.45, 2.75) is 57.9 Å². The van der Waals surface area contributed by atoms with E-state index in [1.807, 2.05) is 0 Å². The molecule has 1 fully saturated rings. The lowest BCUT2D eigenvalue weighted by Crippen LogP contribution is -2.21. The summed E-state index contributed by atoms with van der Waals surface area (Å²) in [6.07, 6.45) is 8.63. The minimum absolute atomic E-state index is 0.356. The quantitative estimate of drug-likeness (QED) is 0.780. The van der Waals surface area contributed by atoms with E-state index < -0.39 is 0 Å². The second-order valence-electron chi connectivity index (χ2n) is 5.23. The summed E-state index contributed by atoms with van der Waals surface area (Å²) in [7, 11) is 1.58. The summed E-state index contributed by atoms with van der Waals surface area (Å²) >= 11 is 0. The molecule has 1 heterocycles. The van der Waals surface area contributed by atoms with E-state index in [-0.39, 0.29) is 0 Å². The number of nitrogens with one attached hydrogen (secondary N) is 2. The Labute approximate surface area is 120 Å². The van der Waals surface area contributed by atoms with Crippen molar-refractivity contribution in [3.8, 4) is 6.01 Å².